The van der Waals surface area contributed by atoms with Crippen LogP contribution in [0.3, 0.4) is 0 Å². The molecular weight excluding hydrogens is 248 g/mol. The third kappa shape index (κ3) is 3.23. The van der Waals surface area contributed by atoms with E-state index in [4.69, 9.17) is 0 Å². The molecule has 0 amide bonds. The first-order valence-electron chi connectivity index (χ1n) is 8.19. The van der Waals surface area contributed by atoms with E-state index in [1.807, 2.05) is 0 Å². The quantitative estimate of drug-likeness (QED) is 0.867. The molecule has 114 valence electrons. The second-order valence-corrected chi connectivity index (χ2v) is 5.92. The predicted octanol–water partition coefficient (Wildman–Crippen LogP) is 2.43. The summed E-state index contributed by atoms with van der Waals surface area (Å²) in [5.41, 5.74) is 2.89. The number of nitrogens with one attached hydrogen (secondary N) is 1. The van der Waals surface area contributed by atoms with Crippen LogP contribution in [0, 0.1) is 0 Å². The van der Waals surface area contributed by atoms with Gasteiger partial charge in [0.05, 0.1) is 11.4 Å². The van der Waals surface area contributed by atoms with Gasteiger partial charge in [-0.3, -0.25) is 9.58 Å². The highest BCUT2D eigenvalue weighted by Crippen LogP contribution is 2.21. The van der Waals surface area contributed by atoms with Crippen molar-refractivity contribution in [3.8, 4) is 0 Å². The number of piperazine rings is 1. The molecule has 0 bridgehead atoms. The molecule has 1 saturated heterocycles. The van der Waals surface area contributed by atoms with E-state index in [0.717, 1.165) is 39.1 Å². The third-order valence-electron chi connectivity index (χ3n) is 4.77. The number of hydrogen-bond acceptors (Lipinski definition) is 3. The van der Waals surface area contributed by atoms with E-state index in [9.17, 15) is 0 Å². The van der Waals surface area contributed by atoms with Gasteiger partial charge in [0.2, 0.25) is 0 Å². The van der Waals surface area contributed by atoms with Crippen LogP contribution in [-0.2, 0) is 19.5 Å². The Morgan fingerprint density at radius 2 is 2.00 bits per heavy atom. The lowest BCUT2D eigenvalue weighted by Gasteiger charge is -2.43. The number of aryl methyl sites for hydroxylation is 2. The Morgan fingerprint density at radius 3 is 2.60 bits per heavy atom. The molecule has 0 saturated carbocycles. The Labute approximate surface area is 123 Å². The monoisotopic (exact) mass is 278 g/mol. The van der Waals surface area contributed by atoms with Crippen LogP contribution < -0.4 is 5.32 Å². The minimum Gasteiger partial charge on any atom is -0.309 e. The molecule has 1 aliphatic rings. The fourth-order valence-corrected chi connectivity index (χ4v) is 3.22. The molecule has 2 heterocycles. The minimum atomic E-state index is 0.308. The lowest BCUT2D eigenvalue weighted by molar-refractivity contribution is 0.115. The van der Waals surface area contributed by atoms with Crippen LogP contribution in [0.2, 0.25) is 0 Å². The van der Waals surface area contributed by atoms with Crippen LogP contribution in [0.4, 0.5) is 0 Å². The molecule has 2 rings (SSSR count). The van der Waals surface area contributed by atoms with Gasteiger partial charge in [-0.1, -0.05) is 20.8 Å². The first-order chi connectivity index (χ1) is 9.66. The molecule has 0 radical (unpaired) electrons. The van der Waals surface area contributed by atoms with Crippen molar-refractivity contribution in [3.05, 3.63) is 17.5 Å². The summed E-state index contributed by atoms with van der Waals surface area (Å²) in [4.78, 5) is 2.59. The van der Waals surface area contributed by atoms with Gasteiger partial charge < -0.3 is 5.32 Å². The van der Waals surface area contributed by atoms with E-state index in [0.29, 0.717) is 5.54 Å². The summed E-state index contributed by atoms with van der Waals surface area (Å²) in [6.45, 7) is 14.3. The zero-order chi connectivity index (χ0) is 14.6. The Morgan fingerprint density at radius 1 is 1.25 bits per heavy atom. The maximum absolute atomic E-state index is 4.66. The van der Waals surface area contributed by atoms with Crippen molar-refractivity contribution in [3.63, 3.8) is 0 Å². The highest BCUT2D eigenvalue weighted by atomic mass is 15.3. The van der Waals surface area contributed by atoms with Gasteiger partial charge in [0, 0.05) is 38.3 Å². The molecule has 4 nitrogen and oxygen atoms in total. The van der Waals surface area contributed by atoms with Gasteiger partial charge in [0.1, 0.15) is 0 Å². The lowest BCUT2D eigenvalue weighted by Crippen LogP contribution is -2.59. The molecule has 1 fully saturated rings. The Bertz CT molecular complexity index is 420. The highest BCUT2D eigenvalue weighted by molar-refractivity contribution is 5.11. The van der Waals surface area contributed by atoms with Crippen molar-refractivity contribution >= 4 is 0 Å². The van der Waals surface area contributed by atoms with Gasteiger partial charge >= 0.3 is 0 Å². The molecule has 20 heavy (non-hydrogen) atoms. The topological polar surface area (TPSA) is 33.1 Å². The fraction of sp³-hybridized carbons (Fsp3) is 0.812. The fourth-order valence-electron chi connectivity index (χ4n) is 3.22. The summed E-state index contributed by atoms with van der Waals surface area (Å²) >= 11 is 0. The minimum absolute atomic E-state index is 0.308. The van der Waals surface area contributed by atoms with Crippen LogP contribution in [0.15, 0.2) is 6.07 Å². The van der Waals surface area contributed by atoms with Crippen LogP contribution in [0.5, 0.6) is 0 Å². The summed E-state index contributed by atoms with van der Waals surface area (Å²) in [5.74, 6) is 0. The Hall–Kier alpha value is -0.870. The first kappa shape index (κ1) is 15.5. The summed E-state index contributed by atoms with van der Waals surface area (Å²) in [5, 5.41) is 8.39. The van der Waals surface area contributed by atoms with Gasteiger partial charge in [-0.05, 0) is 32.3 Å². The summed E-state index contributed by atoms with van der Waals surface area (Å²) in [7, 11) is 0. The Balaban J connectivity index is 2.07. The molecule has 0 atom stereocenters. The third-order valence-corrected chi connectivity index (χ3v) is 4.77. The predicted molar refractivity (Wildman–Crippen MR) is 83.9 cm³/mol. The van der Waals surface area contributed by atoms with E-state index in [1.54, 1.807) is 0 Å². The normalized spacial score (nSPS) is 19.4. The van der Waals surface area contributed by atoms with Crippen LogP contribution in [0.1, 0.15) is 51.9 Å². The van der Waals surface area contributed by atoms with Gasteiger partial charge in [0.25, 0.3) is 0 Å². The maximum Gasteiger partial charge on any atom is 0.0625 e. The lowest BCUT2D eigenvalue weighted by atomic mass is 9.90. The number of aromatic nitrogens is 2. The van der Waals surface area contributed by atoms with Gasteiger partial charge in [-0.2, -0.15) is 5.10 Å². The van der Waals surface area contributed by atoms with Crippen molar-refractivity contribution in [1.29, 1.82) is 0 Å². The molecule has 1 aliphatic heterocycles. The molecular formula is C16H30N4. The van der Waals surface area contributed by atoms with Crippen LogP contribution in [-0.4, -0.2) is 39.9 Å². The maximum atomic E-state index is 4.66. The largest absolute Gasteiger partial charge is 0.309 e. The Kier molecular flexibility index (Phi) is 5.22. The average Bonchev–Trinajstić information content (AvgIpc) is 2.89. The van der Waals surface area contributed by atoms with E-state index >= 15 is 0 Å². The zero-order valence-electron chi connectivity index (χ0n) is 13.6. The molecule has 4 heteroatoms. The molecule has 1 aromatic heterocycles. The van der Waals surface area contributed by atoms with Crippen molar-refractivity contribution < 1.29 is 0 Å². The van der Waals surface area contributed by atoms with Gasteiger partial charge in [-0.15, -0.1) is 0 Å². The molecule has 0 unspecified atom stereocenters. The van der Waals surface area contributed by atoms with E-state index in [-0.39, 0.29) is 0 Å². The standard InChI is InChI=1S/C16H30N4/c1-5-14-11-15(20(8-4)18-14)12-19-10-9-17-16(6-2,7-3)13-19/h11,17H,5-10,12-13H2,1-4H3. The van der Waals surface area contributed by atoms with E-state index < -0.39 is 0 Å². The van der Waals surface area contributed by atoms with Gasteiger partial charge in [-0.25, -0.2) is 0 Å². The second kappa shape index (κ2) is 6.72. The molecule has 0 spiro atoms. The second-order valence-electron chi connectivity index (χ2n) is 5.92. The van der Waals surface area contributed by atoms with Crippen LogP contribution in [0.25, 0.3) is 0 Å². The van der Waals surface area contributed by atoms with Crippen LogP contribution >= 0.6 is 0 Å². The molecule has 1 aromatic rings. The number of nitrogens with zero attached hydrogens (tertiary/aromatic N) is 3. The van der Waals surface area contributed by atoms with Crippen molar-refractivity contribution in [2.75, 3.05) is 19.6 Å². The smallest absolute Gasteiger partial charge is 0.0625 e. The zero-order valence-corrected chi connectivity index (χ0v) is 13.6. The molecule has 0 aromatic carbocycles. The van der Waals surface area contributed by atoms with Gasteiger partial charge in [0.15, 0.2) is 0 Å². The van der Waals surface area contributed by atoms with E-state index in [1.165, 1.54) is 24.2 Å². The summed E-state index contributed by atoms with van der Waals surface area (Å²) < 4.78 is 2.17. The van der Waals surface area contributed by atoms with E-state index in [2.05, 4.69) is 53.8 Å². The summed E-state index contributed by atoms with van der Waals surface area (Å²) in [6.07, 6.45) is 3.43. The highest BCUT2D eigenvalue weighted by Gasteiger charge is 2.31. The van der Waals surface area contributed by atoms with Crippen molar-refractivity contribution in [2.45, 2.75) is 65.6 Å². The van der Waals surface area contributed by atoms with Crippen molar-refractivity contribution in [1.82, 2.24) is 20.0 Å². The van der Waals surface area contributed by atoms with Crippen molar-refractivity contribution in [2.24, 2.45) is 0 Å². The summed E-state index contributed by atoms with van der Waals surface area (Å²) in [6, 6.07) is 2.28. The average molecular weight is 278 g/mol. The number of rotatable bonds is 6. The first-order valence-corrected chi connectivity index (χ1v) is 8.19. The number of hydrogen-bond donors (Lipinski definition) is 1. The molecule has 0 aliphatic carbocycles. The SMILES string of the molecule is CCc1cc(CN2CCNC(CC)(CC)C2)n(CC)n1. The molecule has 1 N–H and O–H groups in total.